The fourth-order valence-corrected chi connectivity index (χ4v) is 4.44. The van der Waals surface area contributed by atoms with Crippen molar-refractivity contribution in [2.24, 2.45) is 0 Å². The van der Waals surface area contributed by atoms with Crippen LogP contribution in [0.2, 0.25) is 0 Å². The maximum atomic E-state index is 5.43. The quantitative estimate of drug-likeness (QED) is 0.495. The summed E-state index contributed by atoms with van der Waals surface area (Å²) in [5, 5.41) is 7.04. The molecule has 9 heteroatoms. The Morgan fingerprint density at radius 3 is 2.62 bits per heavy atom. The number of nitrogens with one attached hydrogen (secondary N) is 3. The Labute approximate surface area is 188 Å². The molecule has 32 heavy (non-hydrogen) atoms. The third kappa shape index (κ3) is 5.35. The van der Waals surface area contributed by atoms with Crippen LogP contribution in [0, 0.1) is 0 Å². The van der Waals surface area contributed by atoms with Crippen molar-refractivity contribution in [3.8, 4) is 0 Å². The van der Waals surface area contributed by atoms with Crippen LogP contribution in [-0.4, -0.2) is 88.3 Å². The van der Waals surface area contributed by atoms with E-state index in [1.165, 1.54) is 5.56 Å². The second-order valence-electron chi connectivity index (χ2n) is 8.56. The van der Waals surface area contributed by atoms with E-state index in [4.69, 9.17) is 9.72 Å². The van der Waals surface area contributed by atoms with Crippen molar-refractivity contribution in [1.82, 2.24) is 29.7 Å². The normalized spacial score (nSPS) is 18.8. The number of morpholine rings is 1. The monoisotopic (exact) mass is 436 g/mol. The average Bonchev–Trinajstić information content (AvgIpc) is 3.31. The van der Waals surface area contributed by atoms with Crippen LogP contribution >= 0.6 is 0 Å². The van der Waals surface area contributed by atoms with Gasteiger partial charge in [-0.05, 0) is 18.4 Å². The molecule has 0 aliphatic carbocycles. The van der Waals surface area contributed by atoms with E-state index in [-0.39, 0.29) is 0 Å². The Balaban J connectivity index is 1.16. The lowest BCUT2D eigenvalue weighted by atomic mass is 10.0. The van der Waals surface area contributed by atoms with E-state index in [0.29, 0.717) is 17.6 Å². The number of hydrogen-bond acceptors (Lipinski definition) is 8. The van der Waals surface area contributed by atoms with Gasteiger partial charge in [0.2, 0.25) is 5.95 Å². The summed E-state index contributed by atoms with van der Waals surface area (Å²) in [7, 11) is 0. The second-order valence-corrected chi connectivity index (χ2v) is 8.56. The van der Waals surface area contributed by atoms with E-state index in [9.17, 15) is 0 Å². The Bertz CT molecular complexity index is 980. The third-order valence-corrected chi connectivity index (χ3v) is 6.28. The minimum absolute atomic E-state index is 0.375. The zero-order chi connectivity index (χ0) is 21.6. The van der Waals surface area contributed by atoms with Gasteiger partial charge in [0, 0.05) is 51.9 Å². The summed E-state index contributed by atoms with van der Waals surface area (Å²) in [4.78, 5) is 21.9. The molecule has 0 bridgehead atoms. The number of hydrogen-bond donors (Lipinski definition) is 3. The van der Waals surface area contributed by atoms with Crippen molar-refractivity contribution >= 4 is 22.9 Å². The first-order valence-electron chi connectivity index (χ1n) is 11.6. The number of aromatic amines is 1. The minimum Gasteiger partial charge on any atom is -0.379 e. The lowest BCUT2D eigenvalue weighted by molar-refractivity contribution is 0.0398. The van der Waals surface area contributed by atoms with Crippen LogP contribution in [0.5, 0.6) is 0 Å². The smallest absolute Gasteiger partial charge is 0.227 e. The Morgan fingerprint density at radius 1 is 1.00 bits per heavy atom. The average molecular weight is 437 g/mol. The standard InChI is InChI=1S/C23H32N8O/c1-2-4-18(5-3-1)16-31-9-6-19(7-10-31)27-23-28-21(20-22(29-23)26-17-25-20)24-8-11-30-12-14-32-15-13-30/h1-5,17,19H,6-16H2,(H3,24,25,26,27,28,29). The van der Waals surface area contributed by atoms with Crippen LogP contribution < -0.4 is 10.6 Å². The summed E-state index contributed by atoms with van der Waals surface area (Å²) < 4.78 is 5.43. The second kappa shape index (κ2) is 10.2. The van der Waals surface area contributed by atoms with E-state index in [1.54, 1.807) is 6.33 Å². The molecule has 0 saturated carbocycles. The number of piperidine rings is 1. The summed E-state index contributed by atoms with van der Waals surface area (Å²) in [5.74, 6) is 1.46. The van der Waals surface area contributed by atoms with Gasteiger partial charge in [-0.2, -0.15) is 9.97 Å². The molecule has 3 N–H and O–H groups in total. The lowest BCUT2D eigenvalue weighted by Gasteiger charge is -2.32. The van der Waals surface area contributed by atoms with E-state index in [1.807, 2.05) is 0 Å². The first kappa shape index (κ1) is 21.1. The molecule has 0 amide bonds. The number of likely N-dealkylation sites (tertiary alicyclic amines) is 1. The lowest BCUT2D eigenvalue weighted by Crippen LogP contribution is -2.39. The zero-order valence-electron chi connectivity index (χ0n) is 18.5. The minimum atomic E-state index is 0.375. The molecule has 2 aromatic heterocycles. The van der Waals surface area contributed by atoms with Crippen molar-refractivity contribution in [3.63, 3.8) is 0 Å². The largest absolute Gasteiger partial charge is 0.379 e. The fourth-order valence-electron chi connectivity index (χ4n) is 4.44. The van der Waals surface area contributed by atoms with Gasteiger partial charge in [-0.25, -0.2) is 4.98 Å². The molecule has 3 aromatic rings. The number of H-pyrrole nitrogens is 1. The van der Waals surface area contributed by atoms with Gasteiger partial charge in [0.15, 0.2) is 11.5 Å². The van der Waals surface area contributed by atoms with Crippen molar-refractivity contribution in [2.75, 3.05) is 63.1 Å². The van der Waals surface area contributed by atoms with Crippen LogP contribution in [0.1, 0.15) is 18.4 Å². The molecule has 2 saturated heterocycles. The molecule has 0 atom stereocenters. The highest BCUT2D eigenvalue weighted by Crippen LogP contribution is 2.21. The summed E-state index contributed by atoms with van der Waals surface area (Å²) >= 11 is 0. The summed E-state index contributed by atoms with van der Waals surface area (Å²) in [5.41, 5.74) is 2.92. The molecule has 0 unspecified atom stereocenters. The van der Waals surface area contributed by atoms with Crippen LogP contribution in [0.25, 0.3) is 11.2 Å². The van der Waals surface area contributed by atoms with Gasteiger partial charge < -0.3 is 20.4 Å². The molecule has 1 aromatic carbocycles. The number of anilines is 2. The summed E-state index contributed by atoms with van der Waals surface area (Å²) in [6.07, 6.45) is 3.83. The number of rotatable bonds is 8. The van der Waals surface area contributed by atoms with Gasteiger partial charge >= 0.3 is 0 Å². The molecular formula is C23H32N8O. The topological polar surface area (TPSA) is 94.2 Å². The first-order valence-corrected chi connectivity index (χ1v) is 11.6. The van der Waals surface area contributed by atoms with Crippen molar-refractivity contribution < 1.29 is 4.74 Å². The molecule has 2 fully saturated rings. The van der Waals surface area contributed by atoms with Crippen molar-refractivity contribution in [2.45, 2.75) is 25.4 Å². The van der Waals surface area contributed by atoms with Gasteiger partial charge in [0.25, 0.3) is 0 Å². The van der Waals surface area contributed by atoms with Gasteiger partial charge in [-0.15, -0.1) is 0 Å². The molecule has 2 aliphatic rings. The fraction of sp³-hybridized carbons (Fsp3) is 0.522. The van der Waals surface area contributed by atoms with Crippen molar-refractivity contribution in [1.29, 1.82) is 0 Å². The van der Waals surface area contributed by atoms with Gasteiger partial charge in [0.1, 0.15) is 5.52 Å². The number of aromatic nitrogens is 4. The molecule has 9 nitrogen and oxygen atoms in total. The summed E-state index contributed by atoms with van der Waals surface area (Å²) in [6, 6.07) is 11.1. The number of nitrogens with zero attached hydrogens (tertiary/aromatic N) is 5. The molecule has 4 heterocycles. The highest BCUT2D eigenvalue weighted by atomic mass is 16.5. The van der Waals surface area contributed by atoms with Crippen LogP contribution in [0.3, 0.4) is 0 Å². The SMILES string of the molecule is c1ccc(CN2CCC(Nc3nc(NCCN4CCOCC4)c4[nH]cnc4n3)CC2)cc1. The Morgan fingerprint density at radius 2 is 1.81 bits per heavy atom. The van der Waals surface area contributed by atoms with Crippen LogP contribution in [0.15, 0.2) is 36.7 Å². The molecule has 5 rings (SSSR count). The maximum Gasteiger partial charge on any atom is 0.227 e. The van der Waals surface area contributed by atoms with Gasteiger partial charge in [-0.3, -0.25) is 9.80 Å². The van der Waals surface area contributed by atoms with E-state index in [0.717, 1.165) is 83.2 Å². The van der Waals surface area contributed by atoms with E-state index < -0.39 is 0 Å². The maximum absolute atomic E-state index is 5.43. The molecular weight excluding hydrogens is 404 g/mol. The number of ether oxygens (including phenoxy) is 1. The van der Waals surface area contributed by atoms with E-state index in [2.05, 4.69) is 65.7 Å². The molecule has 0 radical (unpaired) electrons. The molecule has 0 spiro atoms. The van der Waals surface area contributed by atoms with Gasteiger partial charge in [0.05, 0.1) is 19.5 Å². The predicted molar refractivity (Wildman–Crippen MR) is 126 cm³/mol. The summed E-state index contributed by atoms with van der Waals surface area (Å²) in [6.45, 7) is 8.55. The van der Waals surface area contributed by atoms with Gasteiger partial charge in [-0.1, -0.05) is 30.3 Å². The third-order valence-electron chi connectivity index (χ3n) is 6.28. The molecule has 170 valence electrons. The molecule has 2 aliphatic heterocycles. The Kier molecular flexibility index (Phi) is 6.76. The number of fused-ring (bicyclic) bond motifs is 1. The Hall–Kier alpha value is -2.75. The predicted octanol–water partition coefficient (Wildman–Crippen LogP) is 2.17. The number of benzene rings is 1. The van der Waals surface area contributed by atoms with E-state index >= 15 is 0 Å². The van der Waals surface area contributed by atoms with Crippen LogP contribution in [-0.2, 0) is 11.3 Å². The van der Waals surface area contributed by atoms with Crippen LogP contribution in [0.4, 0.5) is 11.8 Å². The number of imidazole rings is 1. The first-order chi connectivity index (χ1) is 15.8. The highest BCUT2D eigenvalue weighted by molar-refractivity contribution is 5.83. The highest BCUT2D eigenvalue weighted by Gasteiger charge is 2.21. The van der Waals surface area contributed by atoms with Crippen molar-refractivity contribution in [3.05, 3.63) is 42.2 Å². The zero-order valence-corrected chi connectivity index (χ0v) is 18.5.